The number of nitrogens with two attached hydrogens (primary N) is 1. The molecule has 3 N–H and O–H groups in total. The Morgan fingerprint density at radius 1 is 1.56 bits per heavy atom. The van der Waals surface area contributed by atoms with Crippen molar-refractivity contribution in [1.29, 1.82) is 0 Å². The maximum absolute atomic E-state index is 11.9. The summed E-state index contributed by atoms with van der Waals surface area (Å²) in [6.07, 6.45) is 0.711. The molecule has 0 unspecified atom stereocenters. The lowest BCUT2D eigenvalue weighted by atomic mass is 9.88. The summed E-state index contributed by atoms with van der Waals surface area (Å²) in [5, 5.41) is 5.01. The number of hydrogen-bond donors (Lipinski definition) is 2. The number of aryl methyl sites for hydroxylation is 1. The van der Waals surface area contributed by atoms with Crippen molar-refractivity contribution in [2.75, 3.05) is 6.54 Å². The molecule has 0 saturated heterocycles. The molecule has 0 fully saturated rings. The van der Waals surface area contributed by atoms with E-state index < -0.39 is 0 Å². The van der Waals surface area contributed by atoms with Crippen molar-refractivity contribution in [3.8, 4) is 0 Å². The van der Waals surface area contributed by atoms with Gasteiger partial charge in [0.2, 0.25) is 5.91 Å². The summed E-state index contributed by atoms with van der Waals surface area (Å²) >= 11 is 1.68. The lowest BCUT2D eigenvalue weighted by Gasteiger charge is -2.22. The molecule has 0 saturated carbocycles. The van der Waals surface area contributed by atoms with Gasteiger partial charge in [0, 0.05) is 10.3 Å². The van der Waals surface area contributed by atoms with Gasteiger partial charge in [0.25, 0.3) is 0 Å². The Hall–Kier alpha value is -0.870. The van der Waals surface area contributed by atoms with Gasteiger partial charge in [-0.15, -0.1) is 11.3 Å². The molecule has 0 spiro atoms. The molecule has 1 heterocycles. The second kappa shape index (κ2) is 5.46. The summed E-state index contributed by atoms with van der Waals surface area (Å²) in [7, 11) is 0. The molecule has 3 nitrogen and oxygen atoms in total. The Labute approximate surface area is 101 Å². The molecule has 0 atom stereocenters. The van der Waals surface area contributed by atoms with Crippen LogP contribution in [0.1, 0.15) is 30.7 Å². The minimum Gasteiger partial charge on any atom is -0.351 e. The Kier molecular flexibility index (Phi) is 4.50. The Morgan fingerprint density at radius 2 is 2.25 bits per heavy atom. The number of hydrogen-bond acceptors (Lipinski definition) is 3. The number of thiophene rings is 1. The van der Waals surface area contributed by atoms with Crippen LogP contribution in [0.5, 0.6) is 0 Å². The highest BCUT2D eigenvalue weighted by molar-refractivity contribution is 7.10. The molecule has 1 aromatic heterocycles. The first-order valence-electron chi connectivity index (χ1n) is 5.48. The standard InChI is InChI=1S/C12H20N2OS/c1-9-4-7-16-10(9)8-14-11(15)12(2,3)5-6-13/h4,7H,5-6,8,13H2,1-3H3,(H,14,15). The van der Waals surface area contributed by atoms with E-state index in [9.17, 15) is 4.79 Å². The maximum atomic E-state index is 11.9. The van der Waals surface area contributed by atoms with E-state index in [1.807, 2.05) is 19.2 Å². The predicted octanol–water partition coefficient (Wildman–Crippen LogP) is 2.05. The van der Waals surface area contributed by atoms with Crippen LogP contribution in [0.2, 0.25) is 0 Å². The van der Waals surface area contributed by atoms with Crippen LogP contribution < -0.4 is 11.1 Å². The zero-order chi connectivity index (χ0) is 12.2. The molecule has 1 amide bonds. The highest BCUT2D eigenvalue weighted by Crippen LogP contribution is 2.20. The molecule has 0 aliphatic carbocycles. The van der Waals surface area contributed by atoms with Crippen LogP contribution in [-0.4, -0.2) is 12.5 Å². The molecular formula is C12H20N2OS. The van der Waals surface area contributed by atoms with Crippen molar-refractivity contribution >= 4 is 17.2 Å². The van der Waals surface area contributed by atoms with E-state index in [0.29, 0.717) is 19.5 Å². The van der Waals surface area contributed by atoms with Gasteiger partial charge in [-0.05, 0) is 36.9 Å². The van der Waals surface area contributed by atoms with E-state index in [2.05, 4.69) is 18.3 Å². The van der Waals surface area contributed by atoms with Crippen LogP contribution in [-0.2, 0) is 11.3 Å². The van der Waals surface area contributed by atoms with Crippen LogP contribution in [0, 0.1) is 12.3 Å². The Bertz CT molecular complexity index is 358. The second-order valence-corrected chi connectivity index (χ2v) is 5.63. The van der Waals surface area contributed by atoms with E-state index in [0.717, 1.165) is 0 Å². The molecular weight excluding hydrogens is 220 g/mol. The minimum atomic E-state index is -0.375. The van der Waals surface area contributed by atoms with Crippen LogP contribution in [0.4, 0.5) is 0 Å². The van der Waals surface area contributed by atoms with Gasteiger partial charge in [-0.25, -0.2) is 0 Å². The molecule has 1 rings (SSSR count). The molecule has 0 aromatic carbocycles. The van der Waals surface area contributed by atoms with E-state index >= 15 is 0 Å². The molecule has 4 heteroatoms. The van der Waals surface area contributed by atoms with Gasteiger partial charge in [0.1, 0.15) is 0 Å². The molecule has 16 heavy (non-hydrogen) atoms. The lowest BCUT2D eigenvalue weighted by Crippen LogP contribution is -2.37. The SMILES string of the molecule is Cc1ccsc1CNC(=O)C(C)(C)CCN. The number of amides is 1. The third-order valence-corrected chi connectivity index (χ3v) is 3.78. The monoisotopic (exact) mass is 240 g/mol. The van der Waals surface area contributed by atoms with Gasteiger partial charge in [0.15, 0.2) is 0 Å². The lowest BCUT2D eigenvalue weighted by molar-refractivity contribution is -0.129. The number of carbonyl (C=O) groups is 1. The zero-order valence-electron chi connectivity index (χ0n) is 10.2. The second-order valence-electron chi connectivity index (χ2n) is 4.63. The van der Waals surface area contributed by atoms with Gasteiger partial charge in [-0.3, -0.25) is 4.79 Å². The van der Waals surface area contributed by atoms with Gasteiger partial charge in [-0.2, -0.15) is 0 Å². The average Bonchev–Trinajstić information content (AvgIpc) is 2.60. The van der Waals surface area contributed by atoms with Crippen LogP contribution in [0.15, 0.2) is 11.4 Å². The van der Waals surface area contributed by atoms with Crippen molar-refractivity contribution in [3.05, 3.63) is 21.9 Å². The summed E-state index contributed by atoms with van der Waals surface area (Å²) < 4.78 is 0. The minimum absolute atomic E-state index is 0.0748. The van der Waals surface area contributed by atoms with E-state index in [-0.39, 0.29) is 11.3 Å². The van der Waals surface area contributed by atoms with Crippen LogP contribution >= 0.6 is 11.3 Å². The first-order valence-corrected chi connectivity index (χ1v) is 6.36. The van der Waals surface area contributed by atoms with Crippen LogP contribution in [0.25, 0.3) is 0 Å². The maximum Gasteiger partial charge on any atom is 0.225 e. The third-order valence-electron chi connectivity index (χ3n) is 2.76. The fraction of sp³-hybridized carbons (Fsp3) is 0.583. The first kappa shape index (κ1) is 13.2. The quantitative estimate of drug-likeness (QED) is 0.827. The number of nitrogens with one attached hydrogen (secondary N) is 1. The Morgan fingerprint density at radius 3 is 2.75 bits per heavy atom. The summed E-state index contributed by atoms with van der Waals surface area (Å²) in [6.45, 7) is 7.07. The smallest absolute Gasteiger partial charge is 0.225 e. The highest BCUT2D eigenvalue weighted by atomic mass is 32.1. The third kappa shape index (κ3) is 3.32. The molecule has 0 bridgehead atoms. The number of rotatable bonds is 5. The van der Waals surface area contributed by atoms with E-state index in [1.165, 1.54) is 10.4 Å². The molecule has 90 valence electrons. The average molecular weight is 240 g/mol. The normalized spacial score (nSPS) is 11.5. The van der Waals surface area contributed by atoms with Gasteiger partial charge in [0.05, 0.1) is 6.54 Å². The highest BCUT2D eigenvalue weighted by Gasteiger charge is 2.26. The summed E-state index contributed by atoms with van der Waals surface area (Å²) in [4.78, 5) is 13.1. The molecule has 0 aliphatic heterocycles. The van der Waals surface area contributed by atoms with E-state index in [1.54, 1.807) is 11.3 Å². The Balaban J connectivity index is 2.50. The van der Waals surface area contributed by atoms with Crippen molar-refractivity contribution in [2.45, 2.75) is 33.7 Å². The largest absolute Gasteiger partial charge is 0.351 e. The molecule has 1 aromatic rings. The van der Waals surface area contributed by atoms with Crippen molar-refractivity contribution < 1.29 is 4.79 Å². The zero-order valence-corrected chi connectivity index (χ0v) is 11.0. The summed E-state index contributed by atoms with van der Waals surface area (Å²) in [5.74, 6) is 0.0748. The summed E-state index contributed by atoms with van der Waals surface area (Å²) in [5.41, 5.74) is 6.35. The topological polar surface area (TPSA) is 55.1 Å². The first-order chi connectivity index (χ1) is 7.47. The summed E-state index contributed by atoms with van der Waals surface area (Å²) in [6, 6.07) is 2.07. The predicted molar refractivity (Wildman–Crippen MR) is 68.4 cm³/mol. The number of carbonyl (C=O) groups excluding carboxylic acids is 1. The van der Waals surface area contributed by atoms with E-state index in [4.69, 9.17) is 5.73 Å². The van der Waals surface area contributed by atoms with Gasteiger partial charge >= 0.3 is 0 Å². The van der Waals surface area contributed by atoms with Gasteiger partial charge in [-0.1, -0.05) is 13.8 Å². The fourth-order valence-electron chi connectivity index (χ4n) is 1.46. The van der Waals surface area contributed by atoms with Crippen LogP contribution in [0.3, 0.4) is 0 Å². The van der Waals surface area contributed by atoms with Gasteiger partial charge < -0.3 is 11.1 Å². The van der Waals surface area contributed by atoms with Crippen molar-refractivity contribution in [3.63, 3.8) is 0 Å². The fourth-order valence-corrected chi connectivity index (χ4v) is 2.31. The van der Waals surface area contributed by atoms with Crippen molar-refractivity contribution in [2.24, 2.45) is 11.1 Å². The van der Waals surface area contributed by atoms with Crippen molar-refractivity contribution in [1.82, 2.24) is 5.32 Å². The molecule has 0 aliphatic rings. The molecule has 0 radical (unpaired) electrons.